The van der Waals surface area contributed by atoms with Crippen molar-refractivity contribution in [1.82, 2.24) is 4.98 Å². The maximum absolute atomic E-state index is 13.5. The average Bonchev–Trinajstić information content (AvgIpc) is 3.49. The highest BCUT2D eigenvalue weighted by Crippen LogP contribution is 2.45. The molecule has 0 bridgehead atoms. The van der Waals surface area contributed by atoms with Crippen LogP contribution >= 0.6 is 22.9 Å². The monoisotopic (exact) mass is 576 g/mol. The number of aliphatic hydroxyl groups is 1. The molecule has 9 heteroatoms. The Morgan fingerprint density at radius 1 is 0.975 bits per heavy atom. The third-order valence-electron chi connectivity index (χ3n) is 6.64. The highest BCUT2D eigenvalue weighted by atomic mass is 35.5. The molecule has 1 fully saturated rings. The number of halogens is 1. The van der Waals surface area contributed by atoms with Crippen LogP contribution in [-0.4, -0.2) is 35.0 Å². The van der Waals surface area contributed by atoms with Gasteiger partial charge in [0, 0.05) is 10.6 Å². The summed E-state index contributed by atoms with van der Waals surface area (Å²) in [5.41, 5.74) is 1.69. The van der Waals surface area contributed by atoms with E-state index >= 15 is 0 Å². The van der Waals surface area contributed by atoms with E-state index < -0.39 is 17.7 Å². The number of aromatic nitrogens is 1. The first-order valence-corrected chi connectivity index (χ1v) is 14.4. The zero-order valence-corrected chi connectivity index (χ0v) is 23.8. The van der Waals surface area contributed by atoms with Crippen LogP contribution in [0.2, 0.25) is 5.02 Å². The van der Waals surface area contributed by atoms with Gasteiger partial charge in [0.2, 0.25) is 0 Å². The number of ether oxygens (including phenoxy) is 2. The number of benzene rings is 3. The van der Waals surface area contributed by atoms with Crippen molar-refractivity contribution in [3.05, 3.63) is 88.5 Å². The van der Waals surface area contributed by atoms with E-state index in [1.807, 2.05) is 49.4 Å². The van der Waals surface area contributed by atoms with Crippen LogP contribution in [0, 0.1) is 0 Å². The molecule has 5 rings (SSSR count). The standard InChI is InChI=1S/C31H29ClN2O5S/c1-3-5-6-17-39-22-13-9-19(10-14-22)27-26(28(35)20-7-11-21(32)12-8-20)29(36)30(37)34(27)31-33-24-16-15-23(38-4-2)18-25(24)40-31/h7-16,18,27,35H,3-6,17H2,1-2H3. The highest BCUT2D eigenvalue weighted by Gasteiger charge is 2.48. The summed E-state index contributed by atoms with van der Waals surface area (Å²) in [5.74, 6) is -0.433. The second kappa shape index (κ2) is 12.1. The molecule has 1 aromatic heterocycles. The molecule has 1 amide bonds. The van der Waals surface area contributed by atoms with E-state index in [4.69, 9.17) is 21.1 Å². The van der Waals surface area contributed by atoms with Crippen molar-refractivity contribution in [2.45, 2.75) is 39.2 Å². The largest absolute Gasteiger partial charge is 0.507 e. The lowest BCUT2D eigenvalue weighted by molar-refractivity contribution is -0.132. The van der Waals surface area contributed by atoms with Crippen molar-refractivity contribution in [3.63, 3.8) is 0 Å². The lowest BCUT2D eigenvalue weighted by Crippen LogP contribution is -2.29. The van der Waals surface area contributed by atoms with E-state index in [0.717, 1.165) is 24.0 Å². The number of nitrogens with zero attached hydrogens (tertiary/aromatic N) is 2. The van der Waals surface area contributed by atoms with Crippen LogP contribution in [-0.2, 0) is 9.59 Å². The molecule has 206 valence electrons. The number of amides is 1. The Bertz CT molecular complexity index is 1560. The van der Waals surface area contributed by atoms with Crippen molar-refractivity contribution in [1.29, 1.82) is 0 Å². The number of Topliss-reactive ketones (excluding diaryl/α,β-unsaturated/α-hetero) is 1. The van der Waals surface area contributed by atoms with Gasteiger partial charge in [0.25, 0.3) is 5.78 Å². The average molecular weight is 577 g/mol. The summed E-state index contributed by atoms with van der Waals surface area (Å²) in [7, 11) is 0. The molecule has 1 saturated heterocycles. The van der Waals surface area contributed by atoms with Gasteiger partial charge in [0.1, 0.15) is 17.3 Å². The van der Waals surface area contributed by atoms with Crippen LogP contribution in [0.3, 0.4) is 0 Å². The lowest BCUT2D eigenvalue weighted by atomic mass is 9.95. The quantitative estimate of drug-likeness (QED) is 0.0907. The molecule has 1 unspecified atom stereocenters. The zero-order chi connectivity index (χ0) is 28.2. The topological polar surface area (TPSA) is 89.0 Å². The molecule has 1 N–H and O–H groups in total. The number of carbonyl (C=O) groups excluding carboxylic acids is 2. The van der Waals surface area contributed by atoms with Gasteiger partial charge in [-0.2, -0.15) is 0 Å². The van der Waals surface area contributed by atoms with Gasteiger partial charge in [0.05, 0.1) is 35.0 Å². The molecule has 1 aliphatic heterocycles. The minimum Gasteiger partial charge on any atom is -0.507 e. The van der Waals surface area contributed by atoms with Gasteiger partial charge in [0.15, 0.2) is 5.13 Å². The summed E-state index contributed by atoms with van der Waals surface area (Å²) in [6.45, 7) is 5.18. The van der Waals surface area contributed by atoms with E-state index in [0.29, 0.717) is 51.5 Å². The second-order valence-corrected chi connectivity index (χ2v) is 10.8. The minimum atomic E-state index is -0.892. The van der Waals surface area contributed by atoms with Gasteiger partial charge in [-0.05, 0) is 73.5 Å². The molecule has 0 spiro atoms. The molecular formula is C31H29ClN2O5S. The van der Waals surface area contributed by atoms with Gasteiger partial charge in [-0.1, -0.05) is 54.8 Å². The van der Waals surface area contributed by atoms with Crippen molar-refractivity contribution in [3.8, 4) is 11.5 Å². The molecule has 4 aromatic rings. The van der Waals surface area contributed by atoms with Gasteiger partial charge in [-0.15, -0.1) is 0 Å². The Hall–Kier alpha value is -3.88. The Balaban J connectivity index is 1.59. The minimum absolute atomic E-state index is 0.0156. The Morgan fingerprint density at radius 2 is 1.70 bits per heavy atom. The number of fused-ring (bicyclic) bond motifs is 1. The van der Waals surface area contributed by atoms with Gasteiger partial charge in [-0.3, -0.25) is 14.5 Å². The maximum atomic E-state index is 13.5. The van der Waals surface area contributed by atoms with E-state index in [1.54, 1.807) is 24.3 Å². The molecule has 40 heavy (non-hydrogen) atoms. The molecule has 2 heterocycles. The van der Waals surface area contributed by atoms with Gasteiger partial charge >= 0.3 is 5.91 Å². The van der Waals surface area contributed by atoms with E-state index in [-0.39, 0.29) is 11.3 Å². The molecule has 7 nitrogen and oxygen atoms in total. The summed E-state index contributed by atoms with van der Waals surface area (Å²) < 4.78 is 12.3. The fourth-order valence-corrected chi connectivity index (χ4v) is 5.80. The van der Waals surface area contributed by atoms with Crippen LogP contribution in [0.1, 0.15) is 50.3 Å². The Kier molecular flexibility index (Phi) is 8.38. The summed E-state index contributed by atoms with van der Waals surface area (Å²) in [6.07, 6.45) is 3.15. The van der Waals surface area contributed by atoms with Crippen LogP contribution in [0.5, 0.6) is 11.5 Å². The summed E-state index contributed by atoms with van der Waals surface area (Å²) in [5, 5.41) is 12.2. The summed E-state index contributed by atoms with van der Waals surface area (Å²) in [6, 6.07) is 18.3. The molecule has 1 atom stereocenters. The van der Waals surface area contributed by atoms with Crippen molar-refractivity contribution in [2.75, 3.05) is 18.1 Å². The number of thiazole rings is 1. The third-order valence-corrected chi connectivity index (χ3v) is 7.91. The van der Waals surface area contributed by atoms with Crippen LogP contribution in [0.15, 0.2) is 72.3 Å². The number of ketones is 1. The van der Waals surface area contributed by atoms with Gasteiger partial charge in [-0.25, -0.2) is 4.98 Å². The first-order chi connectivity index (χ1) is 19.4. The first kappa shape index (κ1) is 27.7. The predicted octanol–water partition coefficient (Wildman–Crippen LogP) is 7.54. The van der Waals surface area contributed by atoms with E-state index in [9.17, 15) is 14.7 Å². The van der Waals surface area contributed by atoms with E-state index in [2.05, 4.69) is 11.9 Å². The fourth-order valence-electron chi connectivity index (χ4n) is 4.65. The molecule has 0 saturated carbocycles. The lowest BCUT2D eigenvalue weighted by Gasteiger charge is -2.23. The number of carbonyl (C=O) groups is 2. The van der Waals surface area contributed by atoms with Crippen molar-refractivity contribution in [2.24, 2.45) is 0 Å². The predicted molar refractivity (Wildman–Crippen MR) is 158 cm³/mol. The normalized spacial score (nSPS) is 16.6. The number of unbranched alkanes of at least 4 members (excludes halogenated alkanes) is 2. The number of anilines is 1. The first-order valence-electron chi connectivity index (χ1n) is 13.2. The molecular weight excluding hydrogens is 548 g/mol. The smallest absolute Gasteiger partial charge is 0.301 e. The van der Waals surface area contributed by atoms with Crippen LogP contribution in [0.25, 0.3) is 16.0 Å². The second-order valence-electron chi connectivity index (χ2n) is 9.36. The highest BCUT2D eigenvalue weighted by molar-refractivity contribution is 7.22. The maximum Gasteiger partial charge on any atom is 0.301 e. The van der Waals surface area contributed by atoms with Gasteiger partial charge < -0.3 is 14.6 Å². The molecule has 0 aliphatic carbocycles. The Morgan fingerprint density at radius 3 is 2.40 bits per heavy atom. The number of hydrogen-bond acceptors (Lipinski definition) is 7. The van der Waals surface area contributed by atoms with Crippen LogP contribution < -0.4 is 14.4 Å². The number of hydrogen-bond donors (Lipinski definition) is 1. The summed E-state index contributed by atoms with van der Waals surface area (Å²) >= 11 is 7.32. The third kappa shape index (κ3) is 5.55. The molecule has 3 aromatic carbocycles. The SMILES string of the molecule is CCCCCOc1ccc(C2C(=C(O)c3ccc(Cl)cc3)C(=O)C(=O)N2c2nc3ccc(OCC)cc3s2)cc1. The zero-order valence-electron chi connectivity index (χ0n) is 22.2. The summed E-state index contributed by atoms with van der Waals surface area (Å²) in [4.78, 5) is 33.1. The van der Waals surface area contributed by atoms with Crippen molar-refractivity contribution < 1.29 is 24.2 Å². The van der Waals surface area contributed by atoms with Crippen LogP contribution in [0.4, 0.5) is 5.13 Å². The Labute approximate surface area is 241 Å². The van der Waals surface area contributed by atoms with Crippen molar-refractivity contribution >= 4 is 55.7 Å². The van der Waals surface area contributed by atoms with E-state index in [1.165, 1.54) is 16.2 Å². The fraction of sp³-hybridized carbons (Fsp3) is 0.258. The number of aliphatic hydroxyl groups excluding tert-OH is 1. The molecule has 1 aliphatic rings. The number of rotatable bonds is 10. The molecule has 0 radical (unpaired) electrons.